The summed E-state index contributed by atoms with van der Waals surface area (Å²) in [5.74, 6) is 0. The van der Waals surface area contributed by atoms with Gasteiger partial charge >= 0.3 is 0 Å². The van der Waals surface area contributed by atoms with E-state index in [4.69, 9.17) is 4.98 Å². The molecule has 1 aliphatic heterocycles. The molecule has 0 fully saturated rings. The molecular weight excluding hydrogens is 306 g/mol. The topological polar surface area (TPSA) is 21.2 Å². The molecule has 0 amide bonds. The van der Waals surface area contributed by atoms with Crippen molar-refractivity contribution in [2.75, 3.05) is 0 Å². The van der Waals surface area contributed by atoms with Gasteiger partial charge in [-0.1, -0.05) is 39.8 Å². The Labute approximate surface area is 147 Å². The number of benzene rings is 1. The Bertz CT molecular complexity index is 1210. The molecule has 1 aromatic carbocycles. The maximum Gasteiger partial charge on any atom is 0.296 e. The smallest absolute Gasteiger partial charge is 0.255 e. The number of para-hydroxylation sites is 1. The zero-order chi connectivity index (χ0) is 17.7. The van der Waals surface area contributed by atoms with Crippen molar-refractivity contribution >= 4 is 27.5 Å². The van der Waals surface area contributed by atoms with Crippen LogP contribution in [0.25, 0.3) is 27.5 Å². The fourth-order valence-corrected chi connectivity index (χ4v) is 4.71. The quantitative estimate of drug-likeness (QED) is 0.347. The minimum atomic E-state index is 0.0300. The molecule has 4 aromatic rings. The molecule has 4 heterocycles. The monoisotopic (exact) mass is 330 g/mol. The van der Waals surface area contributed by atoms with Gasteiger partial charge in [0.25, 0.3) is 5.65 Å². The lowest BCUT2D eigenvalue weighted by atomic mass is 9.61. The summed E-state index contributed by atoms with van der Waals surface area (Å²) in [6.45, 7) is 11.7. The number of pyridine rings is 2. The van der Waals surface area contributed by atoms with E-state index in [9.17, 15) is 0 Å². The minimum absolute atomic E-state index is 0.0300. The van der Waals surface area contributed by atoms with Crippen LogP contribution >= 0.6 is 0 Å². The molecule has 0 unspecified atom stereocenters. The molecular formula is C22H24N3+. The molecule has 0 saturated heterocycles. The molecule has 0 saturated carbocycles. The lowest BCUT2D eigenvalue weighted by Gasteiger charge is -2.42. The number of hydrogen-bond donors (Lipinski definition) is 0. The van der Waals surface area contributed by atoms with Crippen LogP contribution in [0, 0.1) is 6.92 Å². The molecule has 0 atom stereocenters. The van der Waals surface area contributed by atoms with Crippen molar-refractivity contribution in [3.63, 3.8) is 0 Å². The first kappa shape index (κ1) is 14.9. The van der Waals surface area contributed by atoms with Gasteiger partial charge in [0, 0.05) is 28.0 Å². The maximum absolute atomic E-state index is 4.79. The van der Waals surface area contributed by atoms with Gasteiger partial charge in [0.1, 0.15) is 11.7 Å². The zero-order valence-electron chi connectivity index (χ0n) is 15.8. The van der Waals surface area contributed by atoms with Crippen molar-refractivity contribution in [1.82, 2.24) is 9.38 Å². The normalized spacial score (nSPS) is 17.8. The third-order valence-corrected chi connectivity index (χ3v) is 6.88. The van der Waals surface area contributed by atoms with Crippen molar-refractivity contribution in [2.24, 2.45) is 7.05 Å². The summed E-state index contributed by atoms with van der Waals surface area (Å²) in [4.78, 5) is 4.79. The van der Waals surface area contributed by atoms with Crippen molar-refractivity contribution in [1.29, 1.82) is 0 Å². The first-order valence-electron chi connectivity index (χ1n) is 8.99. The maximum atomic E-state index is 4.79. The van der Waals surface area contributed by atoms with Gasteiger partial charge in [0.05, 0.1) is 18.0 Å². The Balaban J connectivity index is 2.25. The molecule has 0 radical (unpaired) electrons. The molecule has 126 valence electrons. The van der Waals surface area contributed by atoms with E-state index in [1.807, 2.05) is 6.20 Å². The predicted molar refractivity (Wildman–Crippen MR) is 102 cm³/mol. The van der Waals surface area contributed by atoms with Gasteiger partial charge < -0.3 is 0 Å². The Kier molecular flexibility index (Phi) is 2.51. The molecule has 25 heavy (non-hydrogen) atoms. The van der Waals surface area contributed by atoms with Crippen LogP contribution in [0.1, 0.15) is 44.5 Å². The van der Waals surface area contributed by atoms with Crippen LogP contribution in [-0.2, 0) is 17.9 Å². The van der Waals surface area contributed by atoms with Gasteiger partial charge in [-0.05, 0) is 24.6 Å². The number of hydrogen-bond acceptors (Lipinski definition) is 1. The van der Waals surface area contributed by atoms with E-state index in [2.05, 4.69) is 81.1 Å². The van der Waals surface area contributed by atoms with Crippen LogP contribution in [-0.4, -0.2) is 9.38 Å². The molecule has 0 N–H and O–H groups in total. The summed E-state index contributed by atoms with van der Waals surface area (Å²) in [6, 6.07) is 8.84. The van der Waals surface area contributed by atoms with E-state index in [0.29, 0.717) is 0 Å². The van der Waals surface area contributed by atoms with E-state index in [1.54, 1.807) is 0 Å². The number of fused-ring (bicyclic) bond motifs is 3. The Morgan fingerprint density at radius 3 is 2.56 bits per heavy atom. The number of aryl methyl sites for hydroxylation is 2. The first-order chi connectivity index (χ1) is 11.8. The minimum Gasteiger partial charge on any atom is -0.255 e. The van der Waals surface area contributed by atoms with Gasteiger partial charge in [-0.15, -0.1) is 0 Å². The average molecular weight is 330 g/mol. The second kappa shape index (κ2) is 4.21. The zero-order valence-corrected chi connectivity index (χ0v) is 15.8. The van der Waals surface area contributed by atoms with Gasteiger partial charge in [0.15, 0.2) is 5.69 Å². The summed E-state index contributed by atoms with van der Waals surface area (Å²) in [6.07, 6.45) is 4.25. The Morgan fingerprint density at radius 1 is 1.04 bits per heavy atom. The van der Waals surface area contributed by atoms with Crippen molar-refractivity contribution < 1.29 is 4.57 Å². The van der Waals surface area contributed by atoms with E-state index in [0.717, 1.165) is 5.52 Å². The van der Waals surface area contributed by atoms with Crippen LogP contribution in [0.3, 0.4) is 0 Å². The summed E-state index contributed by atoms with van der Waals surface area (Å²) in [5.41, 5.74) is 7.82. The molecule has 1 aliphatic rings. The Morgan fingerprint density at radius 2 is 1.80 bits per heavy atom. The highest BCUT2D eigenvalue weighted by Crippen LogP contribution is 2.50. The van der Waals surface area contributed by atoms with E-state index in [1.165, 1.54) is 38.8 Å². The van der Waals surface area contributed by atoms with Crippen molar-refractivity contribution in [3.05, 3.63) is 53.5 Å². The SMILES string of the molecule is Cc1ccnc2c3cccc4c3n3c(c[n+](C)c3c12)C(C)(C)C4(C)C. The molecule has 0 spiro atoms. The fraction of sp³-hybridized carbons (Fsp3) is 0.364. The molecule has 3 aromatic heterocycles. The largest absolute Gasteiger partial charge is 0.296 e. The third-order valence-electron chi connectivity index (χ3n) is 6.88. The first-order valence-corrected chi connectivity index (χ1v) is 8.99. The summed E-state index contributed by atoms with van der Waals surface area (Å²) in [7, 11) is 2.16. The van der Waals surface area contributed by atoms with Crippen LogP contribution in [0.5, 0.6) is 0 Å². The van der Waals surface area contributed by atoms with Crippen molar-refractivity contribution in [3.8, 4) is 0 Å². The number of aromatic nitrogens is 3. The van der Waals surface area contributed by atoms with Gasteiger partial charge in [0.2, 0.25) is 0 Å². The summed E-state index contributed by atoms with van der Waals surface area (Å²) >= 11 is 0. The average Bonchev–Trinajstić information content (AvgIpc) is 2.92. The van der Waals surface area contributed by atoms with Crippen LogP contribution in [0.4, 0.5) is 0 Å². The van der Waals surface area contributed by atoms with E-state index in [-0.39, 0.29) is 10.8 Å². The van der Waals surface area contributed by atoms with Crippen molar-refractivity contribution in [2.45, 2.75) is 45.4 Å². The molecule has 5 rings (SSSR count). The second-order valence-corrected chi connectivity index (χ2v) is 8.59. The van der Waals surface area contributed by atoms with Crippen LogP contribution in [0.2, 0.25) is 0 Å². The Hall–Kier alpha value is -2.42. The third kappa shape index (κ3) is 1.49. The van der Waals surface area contributed by atoms with Crippen LogP contribution in [0.15, 0.2) is 36.7 Å². The highest BCUT2D eigenvalue weighted by atomic mass is 15.1. The second-order valence-electron chi connectivity index (χ2n) is 8.59. The summed E-state index contributed by atoms with van der Waals surface area (Å²) in [5, 5.41) is 2.51. The molecule has 0 aliphatic carbocycles. The lowest BCUT2D eigenvalue weighted by Crippen LogP contribution is -2.44. The van der Waals surface area contributed by atoms with Gasteiger partial charge in [-0.25, -0.2) is 4.57 Å². The van der Waals surface area contributed by atoms with E-state index >= 15 is 0 Å². The number of nitrogens with zero attached hydrogens (tertiary/aromatic N) is 3. The summed E-state index contributed by atoms with van der Waals surface area (Å²) < 4.78 is 4.78. The number of imidazole rings is 1. The van der Waals surface area contributed by atoms with Crippen LogP contribution < -0.4 is 4.57 Å². The van der Waals surface area contributed by atoms with Gasteiger partial charge in [-0.3, -0.25) is 4.98 Å². The molecule has 3 nitrogen and oxygen atoms in total. The highest BCUT2D eigenvalue weighted by Gasteiger charge is 2.50. The number of rotatable bonds is 0. The highest BCUT2D eigenvalue weighted by molar-refractivity contribution is 6.11. The van der Waals surface area contributed by atoms with Gasteiger partial charge in [-0.2, -0.15) is 4.40 Å². The molecule has 3 heteroatoms. The lowest BCUT2D eigenvalue weighted by molar-refractivity contribution is -0.643. The standard InChI is InChI=1S/C22H24N3/c1-13-10-11-23-18-14-8-7-9-15-19(14)25-16(22(4,5)21(15,2)3)12-24(6)20(25)17(13)18/h7-12H,1-6H3/q+1. The molecule has 0 bridgehead atoms. The fourth-order valence-electron chi connectivity index (χ4n) is 4.71. The van der Waals surface area contributed by atoms with E-state index < -0.39 is 0 Å². The predicted octanol–water partition coefficient (Wildman–Crippen LogP) is 4.34.